The van der Waals surface area contributed by atoms with Crippen molar-refractivity contribution < 1.29 is 0 Å². The van der Waals surface area contributed by atoms with Gasteiger partial charge in [-0.2, -0.15) is 0 Å². The molecule has 2 aliphatic rings. The Morgan fingerprint density at radius 3 is 1.24 bits per heavy atom. The van der Waals surface area contributed by atoms with Crippen molar-refractivity contribution in [3.63, 3.8) is 0 Å². The van der Waals surface area contributed by atoms with E-state index in [4.69, 9.17) is 29.9 Å². The van der Waals surface area contributed by atoms with Gasteiger partial charge in [0.2, 0.25) is 0 Å². The van der Waals surface area contributed by atoms with Crippen LogP contribution in [0.15, 0.2) is 297 Å². The molecule has 0 radical (unpaired) electrons. The molecule has 12 aromatic carbocycles. The Labute approximate surface area is 515 Å². The molecule has 0 atom stereocenters. The van der Waals surface area contributed by atoms with Crippen molar-refractivity contribution in [2.75, 3.05) is 9.80 Å². The number of hydrogen-bond acceptors (Lipinski definition) is 8. The first-order valence-corrected chi connectivity index (χ1v) is 30.0. The van der Waals surface area contributed by atoms with E-state index in [1.807, 2.05) is 78.9 Å². The molecule has 0 saturated heterocycles. The van der Waals surface area contributed by atoms with E-state index >= 15 is 0 Å². The van der Waals surface area contributed by atoms with E-state index in [9.17, 15) is 0 Å². The Hall–Kier alpha value is -11.9. The van der Waals surface area contributed by atoms with Crippen molar-refractivity contribution in [1.82, 2.24) is 34.5 Å². The van der Waals surface area contributed by atoms with Crippen LogP contribution in [0.3, 0.4) is 0 Å². The number of hydrogen-bond donors (Lipinski definition) is 0. The van der Waals surface area contributed by atoms with Crippen molar-refractivity contribution in [3.05, 3.63) is 303 Å². The van der Waals surface area contributed by atoms with Crippen molar-refractivity contribution in [2.24, 2.45) is 0 Å². The summed E-state index contributed by atoms with van der Waals surface area (Å²) in [4.78, 5) is 36.4. The molecule has 15 aromatic rings. The van der Waals surface area contributed by atoms with Gasteiger partial charge in [-0.25, -0.2) is 29.9 Å². The van der Waals surface area contributed by atoms with Crippen LogP contribution in [0.1, 0.15) is 5.56 Å². The van der Waals surface area contributed by atoms with E-state index in [0.29, 0.717) is 34.9 Å². The molecule has 3 aromatic heterocycles. The van der Waals surface area contributed by atoms with Crippen LogP contribution in [0.2, 0.25) is 0 Å². The van der Waals surface area contributed by atoms with Gasteiger partial charge in [-0.05, 0) is 119 Å². The Morgan fingerprint density at radius 1 is 0.270 bits per heavy atom. The number of fused-ring (bicyclic) bond motifs is 7. The zero-order valence-corrected chi connectivity index (χ0v) is 48.4. The van der Waals surface area contributed by atoms with Crippen LogP contribution < -0.4 is 26.2 Å². The number of anilines is 6. The third-order valence-electron chi connectivity index (χ3n) is 17.4. The molecule has 0 spiro atoms. The highest BCUT2D eigenvalue weighted by Gasteiger charge is 2.43. The summed E-state index contributed by atoms with van der Waals surface area (Å²) in [6.07, 6.45) is 0. The smallest absolute Gasteiger partial charge is 0.252 e. The second-order valence-corrected chi connectivity index (χ2v) is 22.7. The maximum atomic E-state index is 5.47. The van der Waals surface area contributed by atoms with E-state index in [0.717, 1.165) is 83.4 Å². The van der Waals surface area contributed by atoms with Gasteiger partial charge in [0.05, 0.1) is 16.7 Å². The molecule has 0 amide bonds. The van der Waals surface area contributed by atoms with Crippen molar-refractivity contribution >= 4 is 79.0 Å². The quantitative estimate of drug-likeness (QED) is 0.125. The molecule has 416 valence electrons. The fraction of sp³-hybridized carbons (Fsp3) is 0.0127. The standard InChI is InChI=1S/C79H52BN9/c1-51-37-47-67-62(49-51)61-29-14-17-32-66(61)89(67)68-48-44-58(78-83-74(54-21-6-2-7-22-54)81-75(84-78)55-23-8-3-9-24-55)50-63(68)79-85-76(56-25-10-4-11-26-56)82-77(86-79)57-40-38-52(39-41-57)53-42-45-60(46-43-53)88-70-34-19-16-31-65(70)80-64-30-15-18-33-69(64)87(59-27-12-5-13-28-59)71-35-20-36-72(88)73(71)80/h2-50H,1H3. The maximum Gasteiger partial charge on any atom is 0.252 e. The average Bonchev–Trinajstić information content (AvgIpc) is 1.17. The van der Waals surface area contributed by atoms with Gasteiger partial charge >= 0.3 is 0 Å². The minimum Gasteiger partial charge on any atom is -0.311 e. The Morgan fingerprint density at radius 2 is 0.674 bits per heavy atom. The molecule has 17 rings (SSSR count). The predicted octanol–water partition coefficient (Wildman–Crippen LogP) is 17.2. The molecular formula is C79H52BN9. The van der Waals surface area contributed by atoms with E-state index in [2.05, 4.69) is 240 Å². The van der Waals surface area contributed by atoms with E-state index in [1.165, 1.54) is 44.7 Å². The third kappa shape index (κ3) is 8.87. The van der Waals surface area contributed by atoms with Crippen LogP contribution in [0.5, 0.6) is 0 Å². The lowest BCUT2D eigenvalue weighted by Crippen LogP contribution is -2.61. The molecular weight excluding hydrogens is 1090 g/mol. The largest absolute Gasteiger partial charge is 0.311 e. The first-order chi connectivity index (χ1) is 44.0. The minimum absolute atomic E-state index is 0.0764. The number of aromatic nitrogens is 7. The number of benzene rings is 12. The number of aryl methyl sites for hydroxylation is 1. The van der Waals surface area contributed by atoms with Gasteiger partial charge in [-0.3, -0.25) is 0 Å². The number of para-hydroxylation sites is 4. The SMILES string of the molecule is Cc1ccc2c(c1)c1ccccc1n2-c1ccc(-c2nc(-c3ccccc3)nc(-c3ccccc3)n2)cc1-c1nc(-c2ccccc2)nc(-c2ccc(-c3ccc(N4c5ccccc5B5c6ccccc6N(c6ccccc6)c6cccc4c65)cc3)cc2)n1. The number of nitrogens with zero attached hydrogens (tertiary/aromatic N) is 9. The van der Waals surface area contributed by atoms with Crippen molar-refractivity contribution in [2.45, 2.75) is 6.92 Å². The second-order valence-electron chi connectivity index (χ2n) is 22.7. The Bertz CT molecular complexity index is 5160. The summed E-state index contributed by atoms with van der Waals surface area (Å²) in [5.41, 5.74) is 22.3. The summed E-state index contributed by atoms with van der Waals surface area (Å²) < 4.78 is 2.33. The van der Waals surface area contributed by atoms with Gasteiger partial charge in [0, 0.05) is 78.3 Å². The Balaban J connectivity index is 0.783. The van der Waals surface area contributed by atoms with Gasteiger partial charge in [0.1, 0.15) is 0 Å². The highest BCUT2D eigenvalue weighted by molar-refractivity contribution is 7.00. The second kappa shape index (κ2) is 21.3. The van der Waals surface area contributed by atoms with Crippen LogP contribution in [0.25, 0.3) is 107 Å². The van der Waals surface area contributed by atoms with Crippen LogP contribution in [0, 0.1) is 6.92 Å². The van der Waals surface area contributed by atoms with Crippen molar-refractivity contribution in [3.8, 4) is 85.1 Å². The predicted molar refractivity (Wildman–Crippen MR) is 364 cm³/mol. The fourth-order valence-electron chi connectivity index (χ4n) is 13.3. The zero-order chi connectivity index (χ0) is 58.9. The molecule has 5 heterocycles. The average molecular weight is 1140 g/mol. The third-order valence-corrected chi connectivity index (χ3v) is 17.4. The molecule has 0 aliphatic carbocycles. The summed E-state index contributed by atoms with van der Waals surface area (Å²) >= 11 is 0. The summed E-state index contributed by atoms with van der Waals surface area (Å²) in [6, 6.07) is 105. The van der Waals surface area contributed by atoms with Crippen molar-refractivity contribution in [1.29, 1.82) is 0 Å². The first kappa shape index (κ1) is 51.5. The number of rotatable bonds is 10. The monoisotopic (exact) mass is 1140 g/mol. The van der Waals surface area contributed by atoms with Gasteiger partial charge in [0.15, 0.2) is 34.9 Å². The minimum atomic E-state index is 0.0764. The normalized spacial score (nSPS) is 12.3. The van der Waals surface area contributed by atoms with Gasteiger partial charge in [0.25, 0.3) is 6.71 Å². The van der Waals surface area contributed by atoms with Crippen LogP contribution in [-0.2, 0) is 0 Å². The highest BCUT2D eigenvalue weighted by Crippen LogP contribution is 2.45. The molecule has 89 heavy (non-hydrogen) atoms. The molecule has 2 aliphatic heterocycles. The molecule has 0 saturated carbocycles. The lowest BCUT2D eigenvalue weighted by molar-refractivity contribution is 1.06. The van der Waals surface area contributed by atoms with Gasteiger partial charge in [-0.1, -0.05) is 218 Å². The maximum absolute atomic E-state index is 5.47. The molecule has 10 heteroatoms. The summed E-state index contributed by atoms with van der Waals surface area (Å²) in [7, 11) is 0. The molecule has 0 fully saturated rings. The summed E-state index contributed by atoms with van der Waals surface area (Å²) in [6.45, 7) is 2.22. The lowest BCUT2D eigenvalue weighted by Gasteiger charge is -2.44. The van der Waals surface area contributed by atoms with E-state index < -0.39 is 0 Å². The van der Waals surface area contributed by atoms with E-state index in [1.54, 1.807) is 0 Å². The molecule has 9 nitrogen and oxygen atoms in total. The molecule has 0 N–H and O–H groups in total. The van der Waals surface area contributed by atoms with Crippen LogP contribution in [-0.4, -0.2) is 41.2 Å². The van der Waals surface area contributed by atoms with Gasteiger partial charge < -0.3 is 14.4 Å². The molecule has 0 unspecified atom stereocenters. The van der Waals surface area contributed by atoms with E-state index in [-0.39, 0.29) is 6.71 Å². The first-order valence-electron chi connectivity index (χ1n) is 30.0. The summed E-state index contributed by atoms with van der Waals surface area (Å²) in [5.74, 6) is 3.29. The molecule has 0 bridgehead atoms. The van der Waals surface area contributed by atoms with Gasteiger partial charge in [-0.15, -0.1) is 0 Å². The lowest BCUT2D eigenvalue weighted by atomic mass is 9.33. The highest BCUT2D eigenvalue weighted by atomic mass is 15.2. The summed E-state index contributed by atoms with van der Waals surface area (Å²) in [5, 5.41) is 2.32. The van der Waals surface area contributed by atoms with Crippen LogP contribution in [0.4, 0.5) is 34.1 Å². The zero-order valence-electron chi connectivity index (χ0n) is 48.4. The Kier molecular flexibility index (Phi) is 12.3. The fourth-order valence-corrected chi connectivity index (χ4v) is 13.3. The topological polar surface area (TPSA) is 88.7 Å². The van der Waals surface area contributed by atoms with Crippen LogP contribution >= 0.6 is 0 Å².